The first-order valence-corrected chi connectivity index (χ1v) is 9.64. The third-order valence-corrected chi connectivity index (χ3v) is 4.58. The number of hydrogen-bond donors (Lipinski definition) is 1. The summed E-state index contributed by atoms with van der Waals surface area (Å²) in [7, 11) is 0. The molecule has 27 heavy (non-hydrogen) atoms. The quantitative estimate of drug-likeness (QED) is 0.586. The molecule has 0 radical (unpaired) electrons. The van der Waals surface area contributed by atoms with E-state index in [2.05, 4.69) is 21.8 Å². The molecule has 2 aromatic carbocycles. The molecule has 0 atom stereocenters. The lowest BCUT2D eigenvalue weighted by atomic mass is 10.2. The molecule has 0 aliphatic heterocycles. The minimum Gasteiger partial charge on any atom is -0.492 e. The maximum absolute atomic E-state index is 11.9. The van der Waals surface area contributed by atoms with Crippen LogP contribution in [0, 0.1) is 0 Å². The van der Waals surface area contributed by atoms with Crippen LogP contribution in [0.3, 0.4) is 0 Å². The molecule has 1 N–H and O–H groups in total. The van der Waals surface area contributed by atoms with Crippen LogP contribution in [0.2, 0.25) is 5.02 Å². The number of benzene rings is 2. The van der Waals surface area contributed by atoms with Crippen molar-refractivity contribution in [3.05, 3.63) is 59.4 Å². The van der Waals surface area contributed by atoms with Crippen LogP contribution in [0.5, 0.6) is 5.75 Å². The summed E-state index contributed by atoms with van der Waals surface area (Å²) >= 11 is 5.90. The Bertz CT molecular complexity index is 890. The highest BCUT2D eigenvalue weighted by Gasteiger charge is 2.11. The van der Waals surface area contributed by atoms with E-state index in [1.807, 2.05) is 36.4 Å². The molecule has 0 aliphatic rings. The zero-order valence-corrected chi connectivity index (χ0v) is 16.2. The Balaban J connectivity index is 1.68. The number of carbonyl (C=O) groups is 1. The van der Waals surface area contributed by atoms with Crippen molar-refractivity contribution in [3.63, 3.8) is 0 Å². The van der Waals surface area contributed by atoms with Gasteiger partial charge in [-0.2, -0.15) is 0 Å². The van der Waals surface area contributed by atoms with Crippen LogP contribution in [-0.2, 0) is 17.9 Å². The number of ether oxygens (including phenoxy) is 1. The molecule has 3 aromatic rings. The first-order valence-electron chi connectivity index (χ1n) is 9.26. The number of para-hydroxylation sites is 2. The average molecular weight is 386 g/mol. The smallest absolute Gasteiger partial charge is 0.220 e. The summed E-state index contributed by atoms with van der Waals surface area (Å²) in [6.45, 7) is 3.63. The molecule has 1 aromatic heterocycles. The number of hydrogen-bond acceptors (Lipinski definition) is 3. The molecule has 0 spiro atoms. The first kappa shape index (κ1) is 19.2. The molecule has 1 heterocycles. The van der Waals surface area contributed by atoms with Crippen LogP contribution in [0.1, 0.15) is 32.0 Å². The molecule has 6 heteroatoms. The molecule has 1 amide bonds. The van der Waals surface area contributed by atoms with E-state index in [0.717, 1.165) is 35.4 Å². The zero-order valence-electron chi connectivity index (χ0n) is 15.5. The van der Waals surface area contributed by atoms with Gasteiger partial charge in [0.15, 0.2) is 0 Å². The minimum atomic E-state index is 0.0628. The van der Waals surface area contributed by atoms with Gasteiger partial charge >= 0.3 is 0 Å². The van der Waals surface area contributed by atoms with Crippen molar-refractivity contribution in [2.75, 3.05) is 6.61 Å². The zero-order chi connectivity index (χ0) is 19.1. The fourth-order valence-corrected chi connectivity index (χ4v) is 3.02. The molecule has 0 saturated heterocycles. The number of imidazole rings is 1. The van der Waals surface area contributed by atoms with E-state index in [-0.39, 0.29) is 5.91 Å². The van der Waals surface area contributed by atoms with Gasteiger partial charge in [-0.15, -0.1) is 0 Å². The van der Waals surface area contributed by atoms with Gasteiger partial charge < -0.3 is 14.6 Å². The summed E-state index contributed by atoms with van der Waals surface area (Å²) in [4.78, 5) is 16.6. The highest BCUT2D eigenvalue weighted by Crippen LogP contribution is 2.18. The predicted molar refractivity (Wildman–Crippen MR) is 108 cm³/mol. The Labute approximate surface area is 164 Å². The van der Waals surface area contributed by atoms with E-state index in [9.17, 15) is 4.79 Å². The van der Waals surface area contributed by atoms with E-state index < -0.39 is 0 Å². The van der Waals surface area contributed by atoms with Gasteiger partial charge in [0.2, 0.25) is 5.91 Å². The van der Waals surface area contributed by atoms with Crippen molar-refractivity contribution < 1.29 is 9.53 Å². The highest BCUT2D eigenvalue weighted by molar-refractivity contribution is 6.30. The van der Waals surface area contributed by atoms with Gasteiger partial charge in [0.1, 0.15) is 18.2 Å². The monoisotopic (exact) mass is 385 g/mol. The molecular weight excluding hydrogens is 362 g/mol. The Hall–Kier alpha value is -2.53. The van der Waals surface area contributed by atoms with E-state index in [0.29, 0.717) is 31.1 Å². The fraction of sp³-hybridized carbons (Fsp3) is 0.333. The molecule has 0 fully saturated rings. The molecule has 5 nitrogen and oxygen atoms in total. The topological polar surface area (TPSA) is 56.2 Å². The second-order valence-electron chi connectivity index (χ2n) is 6.35. The van der Waals surface area contributed by atoms with E-state index in [4.69, 9.17) is 16.3 Å². The van der Waals surface area contributed by atoms with Crippen molar-refractivity contribution in [1.82, 2.24) is 14.9 Å². The molecule has 3 rings (SSSR count). The number of rotatable bonds is 9. The Morgan fingerprint density at radius 3 is 2.74 bits per heavy atom. The van der Waals surface area contributed by atoms with Crippen LogP contribution in [0.25, 0.3) is 11.0 Å². The third-order valence-electron chi connectivity index (χ3n) is 4.33. The molecule has 142 valence electrons. The van der Waals surface area contributed by atoms with Crippen molar-refractivity contribution in [3.8, 4) is 5.75 Å². The maximum atomic E-state index is 11.9. The summed E-state index contributed by atoms with van der Waals surface area (Å²) in [6, 6.07) is 15.3. The van der Waals surface area contributed by atoms with Crippen LogP contribution in [0.15, 0.2) is 48.5 Å². The van der Waals surface area contributed by atoms with Crippen molar-refractivity contribution in [2.45, 2.75) is 39.3 Å². The number of fused-ring (bicyclic) bond motifs is 1. The lowest BCUT2D eigenvalue weighted by Gasteiger charge is -2.11. The molecule has 0 saturated carbocycles. The van der Waals surface area contributed by atoms with Gasteiger partial charge in [-0.3, -0.25) is 4.79 Å². The van der Waals surface area contributed by atoms with E-state index in [1.54, 1.807) is 12.1 Å². The van der Waals surface area contributed by atoms with Crippen molar-refractivity contribution >= 4 is 28.5 Å². The summed E-state index contributed by atoms with van der Waals surface area (Å²) in [5.74, 6) is 1.67. The normalized spacial score (nSPS) is 10.9. The number of nitrogens with zero attached hydrogens (tertiary/aromatic N) is 2. The predicted octanol–water partition coefficient (Wildman–Crippen LogP) is 4.58. The lowest BCUT2D eigenvalue weighted by Crippen LogP contribution is -2.25. The van der Waals surface area contributed by atoms with Crippen LogP contribution in [-0.4, -0.2) is 22.1 Å². The second-order valence-corrected chi connectivity index (χ2v) is 6.79. The average Bonchev–Trinajstić information content (AvgIpc) is 3.04. The summed E-state index contributed by atoms with van der Waals surface area (Å²) in [5.41, 5.74) is 1.96. The molecule has 0 aliphatic carbocycles. The fourth-order valence-electron chi connectivity index (χ4n) is 2.90. The number of aromatic nitrogens is 2. The number of unbranched alkanes of at least 4 members (excludes halogenated alkanes) is 1. The standard InChI is InChI=1S/C21H24ClN3O2/c1-2-3-8-21(26)23-15-20-24-18-6-4-5-7-19(18)25(20)13-14-27-17-11-9-16(22)10-12-17/h4-7,9-12H,2-3,8,13-15H2,1H3,(H,23,26). The van der Waals surface area contributed by atoms with Gasteiger partial charge in [-0.1, -0.05) is 37.1 Å². The van der Waals surface area contributed by atoms with Gasteiger partial charge in [-0.05, 0) is 42.8 Å². The first-order chi connectivity index (χ1) is 13.2. The van der Waals surface area contributed by atoms with Crippen LogP contribution >= 0.6 is 11.6 Å². The third kappa shape index (κ3) is 5.23. The highest BCUT2D eigenvalue weighted by atomic mass is 35.5. The molecule has 0 bridgehead atoms. The molecular formula is C21H24ClN3O2. The van der Waals surface area contributed by atoms with Gasteiger partial charge in [0.05, 0.1) is 24.1 Å². The van der Waals surface area contributed by atoms with Gasteiger partial charge in [0.25, 0.3) is 0 Å². The second kappa shape index (κ2) is 9.42. The number of amides is 1. The Morgan fingerprint density at radius 1 is 1.19 bits per heavy atom. The Morgan fingerprint density at radius 2 is 1.96 bits per heavy atom. The Kier molecular flexibility index (Phi) is 6.71. The number of carbonyl (C=O) groups excluding carboxylic acids is 1. The van der Waals surface area contributed by atoms with Crippen molar-refractivity contribution in [1.29, 1.82) is 0 Å². The van der Waals surface area contributed by atoms with E-state index >= 15 is 0 Å². The van der Waals surface area contributed by atoms with Crippen LogP contribution < -0.4 is 10.1 Å². The van der Waals surface area contributed by atoms with E-state index in [1.165, 1.54) is 0 Å². The minimum absolute atomic E-state index is 0.0628. The SMILES string of the molecule is CCCCC(=O)NCc1nc2ccccc2n1CCOc1ccc(Cl)cc1. The lowest BCUT2D eigenvalue weighted by molar-refractivity contribution is -0.121. The summed E-state index contributed by atoms with van der Waals surface area (Å²) in [5, 5.41) is 3.66. The van der Waals surface area contributed by atoms with Crippen LogP contribution in [0.4, 0.5) is 0 Å². The van der Waals surface area contributed by atoms with Gasteiger partial charge in [0, 0.05) is 11.4 Å². The maximum Gasteiger partial charge on any atom is 0.220 e. The number of nitrogens with one attached hydrogen (secondary N) is 1. The van der Waals surface area contributed by atoms with Gasteiger partial charge in [-0.25, -0.2) is 4.98 Å². The summed E-state index contributed by atoms with van der Waals surface area (Å²) < 4.78 is 7.92. The van der Waals surface area contributed by atoms with Crippen molar-refractivity contribution in [2.24, 2.45) is 0 Å². The largest absolute Gasteiger partial charge is 0.492 e. The summed E-state index contributed by atoms with van der Waals surface area (Å²) in [6.07, 6.45) is 2.46. The molecule has 0 unspecified atom stereocenters. The number of halogens is 1.